The van der Waals surface area contributed by atoms with Crippen molar-refractivity contribution in [3.63, 3.8) is 0 Å². The van der Waals surface area contributed by atoms with Gasteiger partial charge in [-0.25, -0.2) is 4.79 Å². The highest BCUT2D eigenvalue weighted by Gasteiger charge is 2.12. The summed E-state index contributed by atoms with van der Waals surface area (Å²) in [4.78, 5) is 11.3. The Hall–Kier alpha value is -1.40. The minimum absolute atomic E-state index is 0.196. The number of anilines is 1. The van der Waals surface area contributed by atoms with Crippen molar-refractivity contribution in [3.8, 4) is 0 Å². The lowest BCUT2D eigenvalue weighted by Crippen LogP contribution is -2.11. The number of rotatable bonds is 3. The standard InChI is InChI=1S/C9H11NO4S/c1-6-4-3-5-7(9(11)14-2)8(6)10-15(12)13/h3-5,10H,1-2H3,(H,12,13)/p-1. The summed E-state index contributed by atoms with van der Waals surface area (Å²) in [6, 6.07) is 4.84. The Labute approximate surface area is 89.9 Å². The molecule has 1 N–H and O–H groups in total. The van der Waals surface area contributed by atoms with Gasteiger partial charge in [-0.3, -0.25) is 4.21 Å². The predicted molar refractivity (Wildman–Crippen MR) is 55.1 cm³/mol. The normalized spacial score (nSPS) is 11.9. The van der Waals surface area contributed by atoms with E-state index in [1.807, 2.05) is 0 Å². The smallest absolute Gasteiger partial charge is 0.340 e. The Morgan fingerprint density at radius 1 is 1.53 bits per heavy atom. The van der Waals surface area contributed by atoms with Crippen LogP contribution in [-0.4, -0.2) is 21.8 Å². The minimum atomic E-state index is -2.46. The van der Waals surface area contributed by atoms with E-state index >= 15 is 0 Å². The van der Waals surface area contributed by atoms with E-state index in [0.29, 0.717) is 5.56 Å². The highest BCUT2D eigenvalue weighted by atomic mass is 32.2. The van der Waals surface area contributed by atoms with Gasteiger partial charge in [0.15, 0.2) is 0 Å². The van der Waals surface area contributed by atoms with Gasteiger partial charge < -0.3 is 14.0 Å². The third kappa shape index (κ3) is 2.77. The molecule has 1 aromatic rings. The van der Waals surface area contributed by atoms with Gasteiger partial charge in [0.1, 0.15) is 0 Å². The SMILES string of the molecule is COC(=O)c1cccc(C)c1NS(=O)[O-]. The number of benzene rings is 1. The first-order valence-corrected chi connectivity index (χ1v) is 5.17. The molecule has 15 heavy (non-hydrogen) atoms. The van der Waals surface area contributed by atoms with E-state index in [9.17, 15) is 13.6 Å². The minimum Gasteiger partial charge on any atom is -0.755 e. The Balaban J connectivity index is 3.19. The van der Waals surface area contributed by atoms with Crippen molar-refractivity contribution in [1.82, 2.24) is 0 Å². The number of nitrogens with one attached hydrogen (secondary N) is 1. The lowest BCUT2D eigenvalue weighted by molar-refractivity contribution is 0.0602. The molecule has 0 bridgehead atoms. The van der Waals surface area contributed by atoms with Gasteiger partial charge >= 0.3 is 5.97 Å². The van der Waals surface area contributed by atoms with E-state index in [2.05, 4.69) is 9.46 Å². The number of carbonyl (C=O) groups is 1. The molecule has 0 aliphatic heterocycles. The number of ether oxygens (including phenoxy) is 1. The topological polar surface area (TPSA) is 78.5 Å². The molecule has 0 fully saturated rings. The molecule has 0 amide bonds. The summed E-state index contributed by atoms with van der Waals surface area (Å²) < 4.78 is 27.7. The molecule has 1 aromatic carbocycles. The first-order chi connectivity index (χ1) is 7.06. The molecule has 6 heteroatoms. The molecule has 1 unspecified atom stereocenters. The maximum Gasteiger partial charge on any atom is 0.340 e. The molecule has 0 aliphatic carbocycles. The van der Waals surface area contributed by atoms with Gasteiger partial charge in [0.2, 0.25) is 0 Å². The Bertz CT molecular complexity index is 405. The molecule has 0 saturated heterocycles. The van der Waals surface area contributed by atoms with Crippen LogP contribution in [-0.2, 0) is 16.0 Å². The molecule has 1 rings (SSSR count). The molecule has 1 atom stereocenters. The Morgan fingerprint density at radius 3 is 2.73 bits per heavy atom. The second kappa shape index (κ2) is 4.90. The second-order valence-electron chi connectivity index (χ2n) is 2.83. The molecule has 82 valence electrons. The van der Waals surface area contributed by atoms with Crippen LogP contribution in [0.15, 0.2) is 18.2 Å². The van der Waals surface area contributed by atoms with Gasteiger partial charge in [-0.2, -0.15) is 0 Å². The van der Waals surface area contributed by atoms with E-state index in [0.717, 1.165) is 0 Å². The van der Waals surface area contributed by atoms with Crippen LogP contribution in [0, 0.1) is 6.92 Å². The summed E-state index contributed by atoms with van der Waals surface area (Å²) in [6.45, 7) is 1.70. The number of methoxy groups -OCH3 is 1. The molecule has 5 nitrogen and oxygen atoms in total. The average Bonchev–Trinajstić information content (AvgIpc) is 2.19. The van der Waals surface area contributed by atoms with E-state index in [1.54, 1.807) is 19.1 Å². The van der Waals surface area contributed by atoms with Crippen LogP contribution in [0.2, 0.25) is 0 Å². The molecule has 0 aromatic heterocycles. The number of hydrogen-bond acceptors (Lipinski definition) is 4. The fourth-order valence-electron chi connectivity index (χ4n) is 1.17. The molecular weight excluding hydrogens is 218 g/mol. The Kier molecular flexibility index (Phi) is 3.81. The van der Waals surface area contributed by atoms with Crippen LogP contribution in [0.1, 0.15) is 15.9 Å². The lowest BCUT2D eigenvalue weighted by Gasteiger charge is -2.14. The third-order valence-corrected chi connectivity index (χ3v) is 2.23. The van der Waals surface area contributed by atoms with Gasteiger partial charge in [-0.1, -0.05) is 12.1 Å². The number of hydrogen-bond donors (Lipinski definition) is 1. The lowest BCUT2D eigenvalue weighted by atomic mass is 10.1. The predicted octanol–water partition coefficient (Wildman–Crippen LogP) is 0.988. The van der Waals surface area contributed by atoms with Crippen molar-refractivity contribution in [1.29, 1.82) is 0 Å². The summed E-state index contributed by atoms with van der Waals surface area (Å²) >= 11 is -2.46. The summed E-state index contributed by atoms with van der Waals surface area (Å²) in [5, 5.41) is 0. The number of para-hydroxylation sites is 1. The van der Waals surface area contributed by atoms with Crippen LogP contribution in [0.25, 0.3) is 0 Å². The van der Waals surface area contributed by atoms with Crippen molar-refractivity contribution >= 4 is 22.9 Å². The van der Waals surface area contributed by atoms with E-state index in [-0.39, 0.29) is 11.3 Å². The number of aryl methyl sites for hydroxylation is 1. The molecular formula is C9H10NO4S-. The van der Waals surface area contributed by atoms with E-state index in [4.69, 9.17) is 0 Å². The summed E-state index contributed by atoms with van der Waals surface area (Å²) in [5.74, 6) is -0.577. The van der Waals surface area contributed by atoms with Crippen LogP contribution in [0.3, 0.4) is 0 Å². The van der Waals surface area contributed by atoms with Gasteiger partial charge in [0.05, 0.1) is 18.4 Å². The van der Waals surface area contributed by atoms with Crippen molar-refractivity contribution < 1.29 is 18.3 Å². The molecule has 0 heterocycles. The zero-order chi connectivity index (χ0) is 11.4. The number of esters is 1. The number of carbonyl (C=O) groups excluding carboxylic acids is 1. The van der Waals surface area contributed by atoms with E-state index in [1.165, 1.54) is 13.2 Å². The largest absolute Gasteiger partial charge is 0.755 e. The fourth-order valence-corrected chi connectivity index (χ4v) is 1.60. The highest BCUT2D eigenvalue weighted by Crippen LogP contribution is 2.21. The summed E-state index contributed by atoms with van der Waals surface area (Å²) in [5.41, 5.74) is 1.10. The van der Waals surface area contributed by atoms with Gasteiger partial charge in [0, 0.05) is 11.3 Å². The third-order valence-electron chi connectivity index (χ3n) is 1.86. The van der Waals surface area contributed by atoms with Crippen LogP contribution < -0.4 is 4.72 Å². The van der Waals surface area contributed by atoms with Crippen LogP contribution in [0.4, 0.5) is 5.69 Å². The molecule has 0 aliphatic rings. The maximum absolute atomic E-state index is 11.3. The van der Waals surface area contributed by atoms with Gasteiger partial charge in [-0.05, 0) is 18.6 Å². The monoisotopic (exact) mass is 228 g/mol. The zero-order valence-electron chi connectivity index (χ0n) is 8.27. The quantitative estimate of drug-likeness (QED) is 0.618. The summed E-state index contributed by atoms with van der Waals surface area (Å²) in [6.07, 6.45) is 0. The second-order valence-corrected chi connectivity index (χ2v) is 3.50. The fraction of sp³-hybridized carbons (Fsp3) is 0.222. The zero-order valence-corrected chi connectivity index (χ0v) is 9.09. The average molecular weight is 228 g/mol. The van der Waals surface area contributed by atoms with Crippen LogP contribution >= 0.6 is 0 Å². The molecule has 0 radical (unpaired) electrons. The van der Waals surface area contributed by atoms with Gasteiger partial charge in [0.25, 0.3) is 0 Å². The highest BCUT2D eigenvalue weighted by molar-refractivity contribution is 7.80. The van der Waals surface area contributed by atoms with Crippen molar-refractivity contribution in [3.05, 3.63) is 29.3 Å². The maximum atomic E-state index is 11.3. The first-order valence-electron chi connectivity index (χ1n) is 4.10. The van der Waals surface area contributed by atoms with Crippen molar-refractivity contribution in [2.24, 2.45) is 0 Å². The Morgan fingerprint density at radius 2 is 2.20 bits per heavy atom. The molecule has 0 saturated carbocycles. The molecule has 0 spiro atoms. The van der Waals surface area contributed by atoms with Gasteiger partial charge in [-0.15, -0.1) is 0 Å². The van der Waals surface area contributed by atoms with E-state index < -0.39 is 17.2 Å². The van der Waals surface area contributed by atoms with Crippen LogP contribution in [0.5, 0.6) is 0 Å². The van der Waals surface area contributed by atoms with Crippen molar-refractivity contribution in [2.45, 2.75) is 6.92 Å². The van der Waals surface area contributed by atoms with Crippen molar-refractivity contribution in [2.75, 3.05) is 11.8 Å². The summed E-state index contributed by atoms with van der Waals surface area (Å²) in [7, 11) is 1.24. The first kappa shape index (κ1) is 11.7.